The minimum absolute atomic E-state index is 0.499. The van der Waals surface area contributed by atoms with Crippen molar-refractivity contribution in [2.75, 3.05) is 6.54 Å². The molecule has 70 valence electrons. The van der Waals surface area contributed by atoms with Crippen LogP contribution in [0.25, 0.3) is 0 Å². The molecule has 1 N–H and O–H groups in total. The molecule has 13 heavy (non-hydrogen) atoms. The lowest BCUT2D eigenvalue weighted by Crippen LogP contribution is -2.14. The van der Waals surface area contributed by atoms with Gasteiger partial charge in [-0.25, -0.2) is 0 Å². The summed E-state index contributed by atoms with van der Waals surface area (Å²) in [5.74, 6) is 0. The molecule has 1 fully saturated rings. The van der Waals surface area contributed by atoms with Gasteiger partial charge in [-0.05, 0) is 44.9 Å². The third kappa shape index (κ3) is 1.73. The fraction of sp³-hybridized carbons (Fsp3) is 0.545. The predicted molar refractivity (Wildman–Crippen MR) is 53.7 cm³/mol. The van der Waals surface area contributed by atoms with Gasteiger partial charge in [0.25, 0.3) is 0 Å². The first-order valence-electron chi connectivity index (χ1n) is 4.95. The van der Waals surface area contributed by atoms with E-state index in [2.05, 4.69) is 36.3 Å². The fourth-order valence-corrected chi connectivity index (χ4v) is 1.78. The number of rotatable bonds is 1. The average Bonchev–Trinajstić information content (AvgIpc) is 2.62. The number of nitrogens with zero attached hydrogens (tertiary/aromatic N) is 1. The Labute approximate surface area is 79.4 Å². The summed E-state index contributed by atoms with van der Waals surface area (Å²) in [5.41, 5.74) is 3.65. The number of hydrogen-bond acceptors (Lipinski definition) is 2. The van der Waals surface area contributed by atoms with Crippen LogP contribution in [0.1, 0.15) is 35.8 Å². The Morgan fingerprint density at radius 2 is 2.23 bits per heavy atom. The van der Waals surface area contributed by atoms with E-state index in [0.717, 1.165) is 12.2 Å². The van der Waals surface area contributed by atoms with Crippen molar-refractivity contribution in [2.45, 2.75) is 32.7 Å². The number of aromatic nitrogens is 1. The Morgan fingerprint density at radius 1 is 1.38 bits per heavy atom. The van der Waals surface area contributed by atoms with E-state index in [1.165, 1.54) is 24.1 Å². The lowest BCUT2D eigenvalue weighted by Gasteiger charge is -2.10. The number of pyridine rings is 1. The van der Waals surface area contributed by atoms with Crippen LogP contribution in [-0.2, 0) is 0 Å². The highest BCUT2D eigenvalue weighted by Crippen LogP contribution is 2.21. The van der Waals surface area contributed by atoms with Gasteiger partial charge in [-0.1, -0.05) is 6.07 Å². The molecule has 1 aliphatic rings. The smallest absolute Gasteiger partial charge is 0.0576 e. The lowest BCUT2D eigenvalue weighted by molar-refractivity contribution is 0.625. The molecule has 2 heteroatoms. The van der Waals surface area contributed by atoms with Gasteiger partial charge in [0, 0.05) is 11.7 Å². The summed E-state index contributed by atoms with van der Waals surface area (Å²) in [7, 11) is 0. The zero-order valence-electron chi connectivity index (χ0n) is 8.30. The van der Waals surface area contributed by atoms with Gasteiger partial charge in [0.05, 0.1) is 5.69 Å². The van der Waals surface area contributed by atoms with Gasteiger partial charge in [0.2, 0.25) is 0 Å². The third-order valence-electron chi connectivity index (χ3n) is 2.79. The molecule has 1 unspecified atom stereocenters. The molecule has 2 rings (SSSR count). The SMILES string of the molecule is Cc1ccc(C2CCCN2)nc1C. The van der Waals surface area contributed by atoms with Crippen LogP contribution in [0.2, 0.25) is 0 Å². The van der Waals surface area contributed by atoms with E-state index in [-0.39, 0.29) is 0 Å². The van der Waals surface area contributed by atoms with Crippen LogP contribution in [0.15, 0.2) is 12.1 Å². The van der Waals surface area contributed by atoms with Gasteiger partial charge < -0.3 is 5.32 Å². The zero-order chi connectivity index (χ0) is 9.26. The van der Waals surface area contributed by atoms with E-state index in [1.807, 2.05) is 0 Å². The van der Waals surface area contributed by atoms with Crippen LogP contribution >= 0.6 is 0 Å². The van der Waals surface area contributed by atoms with Crippen molar-refractivity contribution in [2.24, 2.45) is 0 Å². The second-order valence-electron chi connectivity index (χ2n) is 3.79. The third-order valence-corrected chi connectivity index (χ3v) is 2.79. The first-order valence-corrected chi connectivity index (χ1v) is 4.95. The second-order valence-corrected chi connectivity index (χ2v) is 3.79. The molecule has 1 aromatic rings. The largest absolute Gasteiger partial charge is 0.309 e. The molecule has 0 saturated carbocycles. The van der Waals surface area contributed by atoms with Gasteiger partial charge in [-0.3, -0.25) is 4.98 Å². The van der Waals surface area contributed by atoms with Gasteiger partial charge >= 0.3 is 0 Å². The van der Waals surface area contributed by atoms with E-state index < -0.39 is 0 Å². The van der Waals surface area contributed by atoms with E-state index in [4.69, 9.17) is 0 Å². The summed E-state index contributed by atoms with van der Waals surface area (Å²) in [6.07, 6.45) is 2.51. The molecule has 1 saturated heterocycles. The highest BCUT2D eigenvalue weighted by Gasteiger charge is 2.17. The number of nitrogens with one attached hydrogen (secondary N) is 1. The van der Waals surface area contributed by atoms with Crippen LogP contribution < -0.4 is 5.32 Å². The predicted octanol–water partition coefficient (Wildman–Crippen LogP) is 2.12. The summed E-state index contributed by atoms with van der Waals surface area (Å²) < 4.78 is 0. The summed E-state index contributed by atoms with van der Waals surface area (Å²) in [6.45, 7) is 5.32. The van der Waals surface area contributed by atoms with Crippen molar-refractivity contribution in [1.29, 1.82) is 0 Å². The first-order chi connectivity index (χ1) is 6.27. The van der Waals surface area contributed by atoms with Crippen LogP contribution in [0.3, 0.4) is 0 Å². The van der Waals surface area contributed by atoms with Crippen LogP contribution in [0.4, 0.5) is 0 Å². The molecule has 2 heterocycles. The molecule has 1 atom stereocenters. The van der Waals surface area contributed by atoms with Crippen molar-refractivity contribution >= 4 is 0 Å². The summed E-state index contributed by atoms with van der Waals surface area (Å²) in [6, 6.07) is 4.81. The Hall–Kier alpha value is -0.890. The zero-order valence-corrected chi connectivity index (χ0v) is 8.30. The van der Waals surface area contributed by atoms with Crippen LogP contribution in [-0.4, -0.2) is 11.5 Å². The molecule has 0 spiro atoms. The average molecular weight is 176 g/mol. The van der Waals surface area contributed by atoms with Gasteiger partial charge in [-0.15, -0.1) is 0 Å². The Bertz CT molecular complexity index is 301. The fourth-order valence-electron chi connectivity index (χ4n) is 1.78. The van der Waals surface area contributed by atoms with Gasteiger partial charge in [0.15, 0.2) is 0 Å². The van der Waals surface area contributed by atoms with E-state index in [0.29, 0.717) is 6.04 Å². The molecule has 0 amide bonds. The van der Waals surface area contributed by atoms with E-state index in [9.17, 15) is 0 Å². The minimum atomic E-state index is 0.499. The topological polar surface area (TPSA) is 24.9 Å². The molecule has 0 bridgehead atoms. The van der Waals surface area contributed by atoms with Crippen molar-refractivity contribution in [3.63, 3.8) is 0 Å². The van der Waals surface area contributed by atoms with Crippen molar-refractivity contribution < 1.29 is 0 Å². The Morgan fingerprint density at radius 3 is 2.85 bits per heavy atom. The molecule has 1 aromatic heterocycles. The lowest BCUT2D eigenvalue weighted by atomic mass is 10.1. The number of hydrogen-bond donors (Lipinski definition) is 1. The maximum atomic E-state index is 4.59. The summed E-state index contributed by atoms with van der Waals surface area (Å²) >= 11 is 0. The number of aryl methyl sites for hydroxylation is 2. The monoisotopic (exact) mass is 176 g/mol. The standard InChI is InChI=1S/C11H16N2/c1-8-5-6-11(13-9(8)2)10-4-3-7-12-10/h5-6,10,12H,3-4,7H2,1-2H3. The molecule has 1 aliphatic heterocycles. The second kappa shape index (κ2) is 3.46. The minimum Gasteiger partial charge on any atom is -0.309 e. The van der Waals surface area contributed by atoms with Crippen molar-refractivity contribution in [3.8, 4) is 0 Å². The van der Waals surface area contributed by atoms with Crippen LogP contribution in [0, 0.1) is 13.8 Å². The summed E-state index contributed by atoms with van der Waals surface area (Å²) in [4.78, 5) is 4.59. The van der Waals surface area contributed by atoms with Crippen molar-refractivity contribution in [1.82, 2.24) is 10.3 Å². The molecular formula is C11H16N2. The van der Waals surface area contributed by atoms with Crippen LogP contribution in [0.5, 0.6) is 0 Å². The maximum Gasteiger partial charge on any atom is 0.0576 e. The molecule has 0 aromatic carbocycles. The quantitative estimate of drug-likeness (QED) is 0.709. The Balaban J connectivity index is 2.25. The maximum absolute atomic E-state index is 4.59. The molecule has 0 radical (unpaired) electrons. The molecule has 0 aliphatic carbocycles. The van der Waals surface area contributed by atoms with E-state index >= 15 is 0 Å². The molecule has 2 nitrogen and oxygen atoms in total. The van der Waals surface area contributed by atoms with Gasteiger partial charge in [-0.2, -0.15) is 0 Å². The highest BCUT2D eigenvalue weighted by atomic mass is 15.0. The van der Waals surface area contributed by atoms with E-state index in [1.54, 1.807) is 0 Å². The van der Waals surface area contributed by atoms with Gasteiger partial charge in [0.1, 0.15) is 0 Å². The molecular weight excluding hydrogens is 160 g/mol. The Kier molecular flexibility index (Phi) is 2.32. The summed E-state index contributed by atoms with van der Waals surface area (Å²) in [5, 5.41) is 3.46. The normalized spacial score (nSPS) is 22.2. The first kappa shape index (κ1) is 8.70. The highest BCUT2D eigenvalue weighted by molar-refractivity contribution is 5.22. The van der Waals surface area contributed by atoms with Crippen molar-refractivity contribution in [3.05, 3.63) is 29.1 Å².